The van der Waals surface area contributed by atoms with Crippen molar-refractivity contribution in [1.82, 2.24) is 9.97 Å². The Hall–Kier alpha value is -0.940. The van der Waals surface area contributed by atoms with Gasteiger partial charge in [-0.25, -0.2) is 4.98 Å². The third-order valence-corrected chi connectivity index (χ3v) is 3.15. The summed E-state index contributed by atoms with van der Waals surface area (Å²) in [6, 6.07) is 1.87. The summed E-state index contributed by atoms with van der Waals surface area (Å²) in [4.78, 5) is 7.64. The molecule has 0 saturated carbocycles. The van der Waals surface area contributed by atoms with Crippen LogP contribution in [0.4, 0.5) is 5.82 Å². The van der Waals surface area contributed by atoms with E-state index in [0.29, 0.717) is 16.7 Å². The van der Waals surface area contributed by atoms with Gasteiger partial charge in [0.05, 0.1) is 6.10 Å². The minimum Gasteiger partial charge on any atom is -0.376 e. The second kappa shape index (κ2) is 6.29. The molecule has 2 heterocycles. The SMILES string of the molecule is CC(C)Cc1nc(=S)cc(NCC2CCCO2)[nH]1. The Morgan fingerprint density at radius 2 is 2.44 bits per heavy atom. The first-order chi connectivity index (χ1) is 8.63. The van der Waals surface area contributed by atoms with Gasteiger partial charge in [0.1, 0.15) is 16.3 Å². The fraction of sp³-hybridized carbons (Fsp3) is 0.692. The van der Waals surface area contributed by atoms with E-state index in [1.54, 1.807) is 0 Å². The lowest BCUT2D eigenvalue weighted by molar-refractivity contribution is 0.120. The topological polar surface area (TPSA) is 49.9 Å². The number of hydrogen-bond donors (Lipinski definition) is 2. The summed E-state index contributed by atoms with van der Waals surface area (Å²) in [6.07, 6.45) is 3.54. The van der Waals surface area contributed by atoms with Gasteiger partial charge >= 0.3 is 0 Å². The second-order valence-corrected chi connectivity index (χ2v) is 5.61. The maximum absolute atomic E-state index is 5.58. The zero-order chi connectivity index (χ0) is 13.0. The molecule has 4 nitrogen and oxygen atoms in total. The van der Waals surface area contributed by atoms with Crippen LogP contribution in [0, 0.1) is 10.6 Å². The van der Waals surface area contributed by atoms with Crippen LogP contribution in [-0.4, -0.2) is 29.2 Å². The lowest BCUT2D eigenvalue weighted by Crippen LogP contribution is -2.19. The van der Waals surface area contributed by atoms with Gasteiger partial charge in [0, 0.05) is 25.6 Å². The van der Waals surface area contributed by atoms with E-state index in [2.05, 4.69) is 29.1 Å². The molecule has 1 aliphatic heterocycles. The van der Waals surface area contributed by atoms with Crippen LogP contribution in [0.2, 0.25) is 0 Å². The number of hydrogen-bond acceptors (Lipinski definition) is 4. The van der Waals surface area contributed by atoms with E-state index in [9.17, 15) is 0 Å². The van der Waals surface area contributed by atoms with E-state index < -0.39 is 0 Å². The first kappa shape index (κ1) is 13.5. The highest BCUT2D eigenvalue weighted by Gasteiger charge is 2.15. The molecule has 0 bridgehead atoms. The maximum Gasteiger partial charge on any atom is 0.131 e. The van der Waals surface area contributed by atoms with Crippen LogP contribution >= 0.6 is 12.2 Å². The van der Waals surface area contributed by atoms with Gasteiger partial charge in [-0.3, -0.25) is 0 Å². The molecule has 0 spiro atoms. The fourth-order valence-corrected chi connectivity index (χ4v) is 2.34. The summed E-state index contributed by atoms with van der Waals surface area (Å²) in [7, 11) is 0. The van der Waals surface area contributed by atoms with Crippen LogP contribution in [-0.2, 0) is 11.2 Å². The normalized spacial score (nSPS) is 19.4. The average Bonchev–Trinajstić information content (AvgIpc) is 2.77. The van der Waals surface area contributed by atoms with Crippen LogP contribution in [0.3, 0.4) is 0 Å². The molecular weight excluding hydrogens is 246 g/mol. The van der Waals surface area contributed by atoms with E-state index >= 15 is 0 Å². The lowest BCUT2D eigenvalue weighted by atomic mass is 10.1. The van der Waals surface area contributed by atoms with Gasteiger partial charge in [-0.2, -0.15) is 0 Å². The van der Waals surface area contributed by atoms with Crippen molar-refractivity contribution in [3.63, 3.8) is 0 Å². The molecule has 0 aliphatic carbocycles. The van der Waals surface area contributed by atoms with Crippen molar-refractivity contribution < 1.29 is 4.74 Å². The Balaban J connectivity index is 1.98. The lowest BCUT2D eigenvalue weighted by Gasteiger charge is -2.13. The number of ether oxygens (including phenoxy) is 1. The zero-order valence-electron chi connectivity index (χ0n) is 11.0. The minimum absolute atomic E-state index is 0.327. The summed E-state index contributed by atoms with van der Waals surface area (Å²) in [5.41, 5.74) is 0. The Kier molecular flexibility index (Phi) is 4.72. The molecule has 1 unspecified atom stereocenters. The highest BCUT2D eigenvalue weighted by Crippen LogP contribution is 2.13. The van der Waals surface area contributed by atoms with Crippen molar-refractivity contribution in [3.05, 3.63) is 16.5 Å². The average molecular weight is 267 g/mol. The number of nitrogens with zero attached hydrogens (tertiary/aromatic N) is 1. The summed E-state index contributed by atoms with van der Waals surface area (Å²) < 4.78 is 6.22. The van der Waals surface area contributed by atoms with E-state index in [4.69, 9.17) is 17.0 Å². The molecule has 1 aromatic heterocycles. The molecule has 1 aliphatic rings. The summed E-state index contributed by atoms with van der Waals surface area (Å²) in [5, 5.41) is 3.35. The monoisotopic (exact) mass is 267 g/mol. The Morgan fingerprint density at radius 3 is 3.11 bits per heavy atom. The number of H-pyrrole nitrogens is 1. The van der Waals surface area contributed by atoms with Gasteiger partial charge in [-0.15, -0.1) is 0 Å². The molecule has 0 amide bonds. The van der Waals surface area contributed by atoms with Crippen molar-refractivity contribution in [1.29, 1.82) is 0 Å². The van der Waals surface area contributed by atoms with Crippen LogP contribution in [0.15, 0.2) is 6.07 Å². The van der Waals surface area contributed by atoms with Gasteiger partial charge in [-0.1, -0.05) is 26.1 Å². The molecule has 0 radical (unpaired) electrons. The third kappa shape index (κ3) is 4.07. The van der Waals surface area contributed by atoms with Crippen molar-refractivity contribution in [2.24, 2.45) is 5.92 Å². The summed E-state index contributed by atoms with van der Waals surface area (Å²) in [5.74, 6) is 2.46. The molecule has 2 rings (SSSR count). The molecule has 1 atom stereocenters. The summed E-state index contributed by atoms with van der Waals surface area (Å²) in [6.45, 7) is 6.06. The van der Waals surface area contributed by atoms with Gasteiger partial charge in [-0.05, 0) is 18.8 Å². The Labute approximate surface area is 113 Å². The molecular formula is C13H21N3OS. The number of aromatic nitrogens is 2. The first-order valence-electron chi connectivity index (χ1n) is 6.59. The van der Waals surface area contributed by atoms with Crippen LogP contribution in [0.5, 0.6) is 0 Å². The standard InChI is InChI=1S/C13H21N3OS/c1-9(2)6-12-15-11(7-13(18)16-12)14-8-10-4-3-5-17-10/h7,9-10H,3-6,8H2,1-2H3,(H2,14,15,16,18). The van der Waals surface area contributed by atoms with Gasteiger partial charge < -0.3 is 15.0 Å². The molecule has 2 N–H and O–H groups in total. The largest absolute Gasteiger partial charge is 0.376 e. The Morgan fingerprint density at radius 1 is 1.61 bits per heavy atom. The van der Waals surface area contributed by atoms with E-state index in [1.807, 2.05) is 6.07 Å². The van der Waals surface area contributed by atoms with Gasteiger partial charge in [0.25, 0.3) is 0 Å². The first-order valence-corrected chi connectivity index (χ1v) is 7.00. The van der Waals surface area contributed by atoms with Crippen LogP contribution < -0.4 is 5.32 Å². The van der Waals surface area contributed by atoms with Crippen molar-refractivity contribution in [3.8, 4) is 0 Å². The summed E-state index contributed by atoms with van der Waals surface area (Å²) >= 11 is 5.19. The molecule has 0 aromatic carbocycles. The molecule has 100 valence electrons. The molecule has 5 heteroatoms. The molecule has 1 saturated heterocycles. The number of anilines is 1. The third-order valence-electron chi connectivity index (χ3n) is 2.94. The Bertz CT molecular complexity index is 438. The van der Waals surface area contributed by atoms with Crippen LogP contribution in [0.25, 0.3) is 0 Å². The maximum atomic E-state index is 5.58. The second-order valence-electron chi connectivity index (χ2n) is 5.19. The minimum atomic E-state index is 0.327. The number of rotatable bonds is 5. The van der Waals surface area contributed by atoms with Crippen molar-refractivity contribution in [2.75, 3.05) is 18.5 Å². The quantitative estimate of drug-likeness (QED) is 0.805. The van der Waals surface area contributed by atoms with Gasteiger partial charge in [0.2, 0.25) is 0 Å². The van der Waals surface area contributed by atoms with E-state index in [0.717, 1.165) is 44.1 Å². The number of aromatic amines is 1. The van der Waals surface area contributed by atoms with E-state index in [1.165, 1.54) is 0 Å². The van der Waals surface area contributed by atoms with Gasteiger partial charge in [0.15, 0.2) is 0 Å². The van der Waals surface area contributed by atoms with Crippen molar-refractivity contribution >= 4 is 18.0 Å². The van der Waals surface area contributed by atoms with E-state index in [-0.39, 0.29) is 0 Å². The highest BCUT2D eigenvalue weighted by atomic mass is 32.1. The molecule has 1 aromatic rings. The highest BCUT2D eigenvalue weighted by molar-refractivity contribution is 7.71. The predicted molar refractivity (Wildman–Crippen MR) is 75.4 cm³/mol. The smallest absolute Gasteiger partial charge is 0.131 e. The zero-order valence-corrected chi connectivity index (χ0v) is 11.8. The fourth-order valence-electron chi connectivity index (χ4n) is 2.12. The van der Waals surface area contributed by atoms with Crippen molar-refractivity contribution in [2.45, 2.75) is 39.2 Å². The molecule has 18 heavy (non-hydrogen) atoms. The number of nitrogens with one attached hydrogen (secondary N) is 2. The van der Waals surface area contributed by atoms with Crippen LogP contribution in [0.1, 0.15) is 32.5 Å². The predicted octanol–water partition coefficient (Wildman–Crippen LogP) is 2.93. The molecule has 1 fully saturated rings.